The average molecular weight is 272 g/mol. The first kappa shape index (κ1) is 12.4. The van der Waals surface area contributed by atoms with Crippen molar-refractivity contribution in [1.29, 1.82) is 0 Å². The Morgan fingerprint density at radius 3 is 2.76 bits per heavy atom. The first-order chi connectivity index (χ1) is 8.22. The molecule has 0 aliphatic carbocycles. The van der Waals surface area contributed by atoms with Crippen LogP contribution in [0.3, 0.4) is 0 Å². The Hall–Kier alpha value is -1.07. The summed E-state index contributed by atoms with van der Waals surface area (Å²) in [6.07, 6.45) is 0. The van der Waals surface area contributed by atoms with Gasteiger partial charge in [0.15, 0.2) is 5.84 Å². The molecule has 6 heteroatoms. The van der Waals surface area contributed by atoms with Crippen LogP contribution in [0.15, 0.2) is 23.4 Å². The third-order valence-electron chi connectivity index (χ3n) is 2.70. The third-order valence-corrected chi connectivity index (χ3v) is 3.87. The van der Waals surface area contributed by atoms with E-state index in [0.29, 0.717) is 5.02 Å². The van der Waals surface area contributed by atoms with Crippen molar-refractivity contribution < 1.29 is 5.21 Å². The number of oxime groups is 1. The second-order valence-electron chi connectivity index (χ2n) is 3.75. The van der Waals surface area contributed by atoms with Gasteiger partial charge in [0.25, 0.3) is 0 Å². The monoisotopic (exact) mass is 271 g/mol. The summed E-state index contributed by atoms with van der Waals surface area (Å²) in [6, 6.07) is 5.40. The van der Waals surface area contributed by atoms with Crippen LogP contribution in [0.4, 0.5) is 5.69 Å². The smallest absolute Gasteiger partial charge is 0.172 e. The Bertz CT molecular complexity index is 433. The van der Waals surface area contributed by atoms with Crippen LogP contribution < -0.4 is 10.6 Å². The zero-order valence-electron chi connectivity index (χ0n) is 9.27. The lowest BCUT2D eigenvalue weighted by Gasteiger charge is -2.30. The molecule has 0 atom stereocenters. The van der Waals surface area contributed by atoms with Crippen molar-refractivity contribution in [2.45, 2.75) is 0 Å². The SMILES string of the molecule is NC(=NO)c1ccc(Cl)cc1N1CCSCC1. The molecule has 17 heavy (non-hydrogen) atoms. The predicted molar refractivity (Wildman–Crippen MR) is 73.5 cm³/mol. The van der Waals surface area contributed by atoms with Crippen molar-refractivity contribution in [3.63, 3.8) is 0 Å². The summed E-state index contributed by atoms with van der Waals surface area (Å²) in [5, 5.41) is 12.5. The van der Waals surface area contributed by atoms with Gasteiger partial charge in [0.2, 0.25) is 0 Å². The molecule has 1 aromatic carbocycles. The summed E-state index contributed by atoms with van der Waals surface area (Å²) in [5.74, 6) is 2.29. The molecule has 3 N–H and O–H groups in total. The number of thioether (sulfide) groups is 1. The normalized spacial score (nSPS) is 17.2. The maximum Gasteiger partial charge on any atom is 0.172 e. The maximum atomic E-state index is 8.79. The lowest BCUT2D eigenvalue weighted by atomic mass is 10.1. The molecule has 1 heterocycles. The lowest BCUT2D eigenvalue weighted by Crippen LogP contribution is -2.34. The number of halogens is 1. The summed E-state index contributed by atoms with van der Waals surface area (Å²) >= 11 is 7.94. The third kappa shape index (κ3) is 2.79. The summed E-state index contributed by atoms with van der Waals surface area (Å²) in [5.41, 5.74) is 7.34. The molecule has 0 amide bonds. The molecule has 0 aromatic heterocycles. The van der Waals surface area contributed by atoms with E-state index in [1.54, 1.807) is 12.1 Å². The van der Waals surface area contributed by atoms with E-state index in [0.717, 1.165) is 35.8 Å². The number of nitrogens with zero attached hydrogens (tertiary/aromatic N) is 2. The van der Waals surface area contributed by atoms with E-state index in [4.69, 9.17) is 22.5 Å². The van der Waals surface area contributed by atoms with Crippen LogP contribution in [0.5, 0.6) is 0 Å². The van der Waals surface area contributed by atoms with Gasteiger partial charge in [-0.3, -0.25) is 0 Å². The van der Waals surface area contributed by atoms with Crippen molar-refractivity contribution in [2.24, 2.45) is 10.9 Å². The minimum Gasteiger partial charge on any atom is -0.409 e. The highest BCUT2D eigenvalue weighted by atomic mass is 35.5. The zero-order valence-corrected chi connectivity index (χ0v) is 10.8. The molecule has 1 aliphatic rings. The number of rotatable bonds is 2. The van der Waals surface area contributed by atoms with Crippen LogP contribution in [0, 0.1) is 0 Å². The molecule has 4 nitrogen and oxygen atoms in total. The number of anilines is 1. The highest BCUT2D eigenvalue weighted by Gasteiger charge is 2.17. The first-order valence-corrected chi connectivity index (χ1v) is 6.86. The number of nitrogens with two attached hydrogens (primary N) is 1. The van der Waals surface area contributed by atoms with Crippen LogP contribution in [-0.2, 0) is 0 Å². The second kappa shape index (κ2) is 5.51. The molecule has 0 unspecified atom stereocenters. The van der Waals surface area contributed by atoms with E-state index in [9.17, 15) is 0 Å². The second-order valence-corrected chi connectivity index (χ2v) is 5.41. The van der Waals surface area contributed by atoms with E-state index < -0.39 is 0 Å². The van der Waals surface area contributed by atoms with Crippen molar-refractivity contribution in [1.82, 2.24) is 0 Å². The molecule has 1 saturated heterocycles. The Kier molecular flexibility index (Phi) is 4.02. The number of hydrogen-bond acceptors (Lipinski definition) is 4. The quantitative estimate of drug-likeness (QED) is 0.374. The van der Waals surface area contributed by atoms with E-state index in [2.05, 4.69) is 10.1 Å². The molecule has 0 bridgehead atoms. The van der Waals surface area contributed by atoms with Gasteiger partial charge < -0.3 is 15.8 Å². The van der Waals surface area contributed by atoms with Crippen molar-refractivity contribution in [3.8, 4) is 0 Å². The van der Waals surface area contributed by atoms with Crippen molar-refractivity contribution >= 4 is 34.9 Å². The summed E-state index contributed by atoms with van der Waals surface area (Å²) < 4.78 is 0. The highest BCUT2D eigenvalue weighted by molar-refractivity contribution is 7.99. The van der Waals surface area contributed by atoms with Gasteiger partial charge in [-0.05, 0) is 18.2 Å². The number of amidine groups is 1. The van der Waals surface area contributed by atoms with E-state index in [1.165, 1.54) is 0 Å². The zero-order chi connectivity index (χ0) is 12.3. The average Bonchev–Trinajstić information content (AvgIpc) is 2.39. The standard InChI is InChI=1S/C11H14ClN3OS/c12-8-1-2-9(11(13)14-16)10(7-8)15-3-5-17-6-4-15/h1-2,7,16H,3-6H2,(H2,13,14). The first-order valence-electron chi connectivity index (χ1n) is 5.32. The van der Waals surface area contributed by atoms with Crippen LogP contribution in [0.25, 0.3) is 0 Å². The Morgan fingerprint density at radius 2 is 2.12 bits per heavy atom. The van der Waals surface area contributed by atoms with Gasteiger partial charge in [-0.25, -0.2) is 0 Å². The molecule has 92 valence electrons. The molecule has 1 aliphatic heterocycles. The van der Waals surface area contributed by atoms with Gasteiger partial charge in [-0.15, -0.1) is 0 Å². The van der Waals surface area contributed by atoms with Crippen LogP contribution >= 0.6 is 23.4 Å². The van der Waals surface area contributed by atoms with Gasteiger partial charge >= 0.3 is 0 Å². The molecule has 0 spiro atoms. The molecule has 1 fully saturated rings. The number of benzene rings is 1. The molecular formula is C11H14ClN3OS. The van der Waals surface area contributed by atoms with Gasteiger partial charge in [0, 0.05) is 40.9 Å². The van der Waals surface area contributed by atoms with E-state index >= 15 is 0 Å². The topological polar surface area (TPSA) is 61.9 Å². The highest BCUT2D eigenvalue weighted by Crippen LogP contribution is 2.27. The van der Waals surface area contributed by atoms with E-state index in [1.807, 2.05) is 17.8 Å². The molecule has 0 saturated carbocycles. The molecule has 0 radical (unpaired) electrons. The maximum absolute atomic E-state index is 8.79. The fraction of sp³-hybridized carbons (Fsp3) is 0.364. The molecular weight excluding hydrogens is 258 g/mol. The predicted octanol–water partition coefficient (Wildman–Crippen LogP) is 1.99. The largest absolute Gasteiger partial charge is 0.409 e. The van der Waals surface area contributed by atoms with Gasteiger partial charge in [0.05, 0.1) is 0 Å². The van der Waals surface area contributed by atoms with Crippen LogP contribution in [-0.4, -0.2) is 35.6 Å². The summed E-state index contributed by atoms with van der Waals surface area (Å²) in [4.78, 5) is 2.22. The molecule has 2 rings (SSSR count). The summed E-state index contributed by atoms with van der Waals surface area (Å²) in [7, 11) is 0. The van der Waals surface area contributed by atoms with Gasteiger partial charge in [-0.2, -0.15) is 11.8 Å². The van der Waals surface area contributed by atoms with Crippen molar-refractivity contribution in [2.75, 3.05) is 29.5 Å². The summed E-state index contributed by atoms with van der Waals surface area (Å²) in [6.45, 7) is 1.91. The van der Waals surface area contributed by atoms with Crippen molar-refractivity contribution in [3.05, 3.63) is 28.8 Å². The minimum atomic E-state index is 0.120. The molecule has 1 aromatic rings. The fourth-order valence-corrected chi connectivity index (χ4v) is 2.91. The van der Waals surface area contributed by atoms with Crippen LogP contribution in [0.2, 0.25) is 5.02 Å². The Labute approximate surface area is 109 Å². The van der Waals surface area contributed by atoms with Crippen LogP contribution in [0.1, 0.15) is 5.56 Å². The minimum absolute atomic E-state index is 0.120. The number of hydrogen-bond donors (Lipinski definition) is 2. The lowest BCUT2D eigenvalue weighted by molar-refractivity contribution is 0.318. The van der Waals surface area contributed by atoms with E-state index in [-0.39, 0.29) is 5.84 Å². The fourth-order valence-electron chi connectivity index (χ4n) is 1.84. The van der Waals surface area contributed by atoms with Gasteiger partial charge in [-0.1, -0.05) is 16.8 Å². The Balaban J connectivity index is 2.38. The Morgan fingerprint density at radius 1 is 1.41 bits per heavy atom. The van der Waals surface area contributed by atoms with Gasteiger partial charge in [0.1, 0.15) is 0 Å².